The van der Waals surface area contributed by atoms with Crippen LogP contribution in [0.15, 0.2) is 61.1 Å². The molecule has 1 N–H and O–H groups in total. The van der Waals surface area contributed by atoms with E-state index in [-0.39, 0.29) is 22.4 Å². The molecule has 0 saturated carbocycles. The van der Waals surface area contributed by atoms with Crippen LogP contribution in [0.1, 0.15) is 18.1 Å². The highest BCUT2D eigenvalue weighted by atomic mass is 35.5. The summed E-state index contributed by atoms with van der Waals surface area (Å²) in [6, 6.07) is 9.67. The molecular formula is C20H14ClF3N2O4. The van der Waals surface area contributed by atoms with E-state index in [0.29, 0.717) is 17.8 Å². The van der Waals surface area contributed by atoms with Crippen molar-refractivity contribution in [2.45, 2.75) is 18.7 Å². The third-order valence-corrected chi connectivity index (χ3v) is 4.39. The maximum absolute atomic E-state index is 12.7. The Morgan fingerprint density at radius 2 is 1.73 bits per heavy atom. The fraction of sp³-hybridized carbons (Fsp3) is 0.150. The van der Waals surface area contributed by atoms with Crippen LogP contribution < -0.4 is 9.47 Å². The Kier molecular flexibility index (Phi) is 5.84. The number of carbonyl (C=O) groups is 1. The van der Waals surface area contributed by atoms with E-state index in [4.69, 9.17) is 21.1 Å². The van der Waals surface area contributed by atoms with Crippen LogP contribution in [-0.2, 0) is 16.6 Å². The molecule has 30 heavy (non-hydrogen) atoms. The van der Waals surface area contributed by atoms with E-state index in [0.717, 1.165) is 0 Å². The molecule has 156 valence electrons. The second-order valence-electron chi connectivity index (χ2n) is 6.26. The van der Waals surface area contributed by atoms with E-state index in [1.165, 1.54) is 43.6 Å². The number of hydrogen-bond donors (Lipinski definition) is 1. The number of pyridine rings is 2. The van der Waals surface area contributed by atoms with Crippen molar-refractivity contribution < 1.29 is 32.5 Å². The molecule has 3 rings (SSSR count). The Morgan fingerprint density at radius 1 is 1.07 bits per heavy atom. The van der Waals surface area contributed by atoms with Gasteiger partial charge in [-0.3, -0.25) is 4.98 Å². The molecule has 0 spiro atoms. The molecule has 1 aromatic carbocycles. The van der Waals surface area contributed by atoms with Crippen molar-refractivity contribution >= 4 is 17.6 Å². The molecule has 0 saturated heterocycles. The first-order chi connectivity index (χ1) is 14.1. The number of ether oxygens (including phenoxy) is 2. The summed E-state index contributed by atoms with van der Waals surface area (Å²) < 4.78 is 49.1. The minimum absolute atomic E-state index is 0.205. The van der Waals surface area contributed by atoms with Gasteiger partial charge in [-0.15, -0.1) is 0 Å². The summed E-state index contributed by atoms with van der Waals surface area (Å²) in [5.74, 6) is -0.974. The van der Waals surface area contributed by atoms with Gasteiger partial charge in [0, 0.05) is 24.2 Å². The lowest BCUT2D eigenvalue weighted by Crippen LogP contribution is -2.38. The molecule has 2 aromatic heterocycles. The van der Waals surface area contributed by atoms with Crippen LogP contribution in [0.2, 0.25) is 5.02 Å². The van der Waals surface area contributed by atoms with E-state index >= 15 is 0 Å². The lowest BCUT2D eigenvalue weighted by atomic mass is 9.97. The van der Waals surface area contributed by atoms with Crippen molar-refractivity contribution in [1.29, 1.82) is 0 Å². The summed E-state index contributed by atoms with van der Waals surface area (Å²) in [6.45, 7) is 1.39. The number of nitrogens with zero attached hydrogens (tertiary/aromatic N) is 2. The SMILES string of the molecule is CC(Oc1ccc(Oc2ncc(C(F)(F)F)cc2Cl)cc1)(C(=O)O)c1cccnc1. The van der Waals surface area contributed by atoms with Crippen LogP contribution in [-0.4, -0.2) is 21.0 Å². The molecule has 0 amide bonds. The molecule has 0 aliphatic heterocycles. The molecule has 1 unspecified atom stereocenters. The Balaban J connectivity index is 1.77. The standard InChI is InChI=1S/C20H14ClF3N2O4/c1-19(18(27)28,12-3-2-8-25-10-12)30-15-6-4-14(5-7-15)29-17-16(21)9-13(11-26-17)20(22,23)24/h2-11H,1H3,(H,27,28). The van der Waals surface area contributed by atoms with Crippen molar-refractivity contribution in [3.63, 3.8) is 0 Å². The van der Waals surface area contributed by atoms with E-state index in [9.17, 15) is 23.1 Å². The third-order valence-electron chi connectivity index (χ3n) is 4.12. The van der Waals surface area contributed by atoms with Crippen molar-refractivity contribution in [2.75, 3.05) is 0 Å². The Hall–Kier alpha value is -3.33. The van der Waals surface area contributed by atoms with Crippen LogP contribution >= 0.6 is 11.6 Å². The molecule has 0 aliphatic rings. The zero-order valence-corrected chi connectivity index (χ0v) is 16.1. The Labute approximate surface area is 173 Å². The minimum Gasteiger partial charge on any atom is -0.478 e. The van der Waals surface area contributed by atoms with Gasteiger partial charge in [0.2, 0.25) is 11.5 Å². The van der Waals surface area contributed by atoms with Gasteiger partial charge in [-0.05, 0) is 43.3 Å². The zero-order valence-electron chi connectivity index (χ0n) is 15.4. The average molecular weight is 439 g/mol. The number of benzene rings is 1. The van der Waals surface area contributed by atoms with Crippen molar-refractivity contribution in [3.8, 4) is 17.4 Å². The highest BCUT2D eigenvalue weighted by Gasteiger charge is 2.38. The van der Waals surface area contributed by atoms with Crippen LogP contribution in [0.4, 0.5) is 13.2 Å². The topological polar surface area (TPSA) is 81.5 Å². The largest absolute Gasteiger partial charge is 0.478 e. The van der Waals surface area contributed by atoms with Gasteiger partial charge in [0.25, 0.3) is 0 Å². The van der Waals surface area contributed by atoms with E-state index in [1.807, 2.05) is 0 Å². The van der Waals surface area contributed by atoms with Gasteiger partial charge in [0.15, 0.2) is 0 Å². The summed E-state index contributed by atoms with van der Waals surface area (Å²) in [5.41, 5.74) is -2.33. The third kappa shape index (κ3) is 4.62. The van der Waals surface area contributed by atoms with Crippen LogP contribution in [0.25, 0.3) is 0 Å². The van der Waals surface area contributed by atoms with Crippen molar-refractivity contribution in [3.05, 3.63) is 77.2 Å². The quantitative estimate of drug-likeness (QED) is 0.561. The number of aromatic nitrogens is 2. The van der Waals surface area contributed by atoms with Gasteiger partial charge < -0.3 is 14.6 Å². The fourth-order valence-corrected chi connectivity index (χ4v) is 2.65. The van der Waals surface area contributed by atoms with Gasteiger partial charge in [0.05, 0.1) is 5.56 Å². The summed E-state index contributed by atoms with van der Waals surface area (Å²) in [6.07, 6.45) is -1.05. The van der Waals surface area contributed by atoms with Crippen molar-refractivity contribution in [1.82, 2.24) is 9.97 Å². The lowest BCUT2D eigenvalue weighted by Gasteiger charge is -2.26. The Morgan fingerprint density at radius 3 is 2.27 bits per heavy atom. The van der Waals surface area contributed by atoms with Crippen molar-refractivity contribution in [2.24, 2.45) is 0 Å². The summed E-state index contributed by atoms with van der Waals surface area (Å²) >= 11 is 5.82. The zero-order chi connectivity index (χ0) is 21.9. The molecule has 0 bridgehead atoms. The predicted molar refractivity (Wildman–Crippen MR) is 101 cm³/mol. The maximum Gasteiger partial charge on any atom is 0.417 e. The van der Waals surface area contributed by atoms with E-state index in [1.54, 1.807) is 12.1 Å². The van der Waals surface area contributed by atoms with E-state index < -0.39 is 23.3 Å². The second kappa shape index (κ2) is 8.19. The predicted octanol–water partition coefficient (Wildman–Crippen LogP) is 5.32. The number of hydrogen-bond acceptors (Lipinski definition) is 5. The molecular weight excluding hydrogens is 425 g/mol. The number of halogens is 4. The van der Waals surface area contributed by atoms with Crippen LogP contribution in [0.5, 0.6) is 17.4 Å². The molecule has 2 heterocycles. The lowest BCUT2D eigenvalue weighted by molar-refractivity contribution is -0.154. The van der Waals surface area contributed by atoms with Gasteiger partial charge in [-0.2, -0.15) is 13.2 Å². The van der Waals surface area contributed by atoms with E-state index in [2.05, 4.69) is 9.97 Å². The molecule has 10 heteroatoms. The summed E-state index contributed by atoms with van der Waals surface area (Å²) in [4.78, 5) is 19.3. The monoisotopic (exact) mass is 438 g/mol. The van der Waals surface area contributed by atoms with Gasteiger partial charge in [0.1, 0.15) is 16.5 Å². The molecule has 0 radical (unpaired) electrons. The molecule has 0 aliphatic carbocycles. The number of carboxylic acids is 1. The van der Waals surface area contributed by atoms with Gasteiger partial charge in [-0.1, -0.05) is 17.7 Å². The maximum atomic E-state index is 12.7. The number of alkyl halides is 3. The molecule has 0 fully saturated rings. The fourth-order valence-electron chi connectivity index (χ4n) is 2.45. The molecule has 1 atom stereocenters. The number of aliphatic carboxylic acids is 1. The first kappa shape index (κ1) is 21.4. The smallest absolute Gasteiger partial charge is 0.417 e. The Bertz CT molecular complexity index is 1050. The van der Waals surface area contributed by atoms with Crippen LogP contribution in [0.3, 0.4) is 0 Å². The van der Waals surface area contributed by atoms with Crippen LogP contribution in [0, 0.1) is 0 Å². The first-order valence-corrected chi connectivity index (χ1v) is 8.81. The summed E-state index contributed by atoms with van der Waals surface area (Å²) in [5, 5.41) is 9.32. The average Bonchev–Trinajstić information content (AvgIpc) is 2.70. The second-order valence-corrected chi connectivity index (χ2v) is 6.67. The minimum atomic E-state index is -4.57. The number of rotatable bonds is 6. The molecule has 3 aromatic rings. The molecule has 6 nitrogen and oxygen atoms in total. The summed E-state index contributed by atoms with van der Waals surface area (Å²) in [7, 11) is 0. The highest BCUT2D eigenvalue weighted by molar-refractivity contribution is 6.31. The highest BCUT2D eigenvalue weighted by Crippen LogP contribution is 2.35. The normalized spacial score (nSPS) is 13.4. The van der Waals surface area contributed by atoms with Gasteiger partial charge >= 0.3 is 12.1 Å². The number of carboxylic acid groups (broad SMARTS) is 1. The first-order valence-electron chi connectivity index (χ1n) is 8.43. The van der Waals surface area contributed by atoms with Gasteiger partial charge in [-0.25, -0.2) is 9.78 Å².